The van der Waals surface area contributed by atoms with Crippen molar-refractivity contribution < 1.29 is 14.3 Å². The largest absolute Gasteiger partial charge is 0.421 e. The Kier molecular flexibility index (Phi) is 5.91. The fourth-order valence-electron chi connectivity index (χ4n) is 1.85. The number of aromatic nitrogens is 2. The summed E-state index contributed by atoms with van der Waals surface area (Å²) in [5, 5.41) is 22.3. The highest BCUT2D eigenvalue weighted by Gasteiger charge is 2.10. The van der Waals surface area contributed by atoms with E-state index in [0.29, 0.717) is 31.2 Å². The molecule has 1 heterocycles. The quantitative estimate of drug-likeness (QED) is 0.717. The first-order chi connectivity index (χ1) is 10.7. The average molecular weight is 304 g/mol. The van der Waals surface area contributed by atoms with Gasteiger partial charge in [0.05, 0.1) is 12.6 Å². The predicted octanol–water partition coefficient (Wildman–Crippen LogP) is 1.35. The number of hydrogen-bond donors (Lipinski definition) is 3. The fourth-order valence-corrected chi connectivity index (χ4v) is 1.85. The first kappa shape index (κ1) is 16.0. The van der Waals surface area contributed by atoms with Crippen molar-refractivity contribution >= 4 is 6.03 Å². The van der Waals surface area contributed by atoms with Gasteiger partial charge in [-0.1, -0.05) is 25.1 Å². The summed E-state index contributed by atoms with van der Waals surface area (Å²) in [6, 6.07) is 8.95. The molecule has 118 valence electrons. The molecule has 0 saturated carbocycles. The van der Waals surface area contributed by atoms with E-state index in [-0.39, 0.29) is 18.7 Å². The van der Waals surface area contributed by atoms with Crippen molar-refractivity contribution in [3.63, 3.8) is 0 Å². The summed E-state index contributed by atoms with van der Waals surface area (Å²) >= 11 is 0. The van der Waals surface area contributed by atoms with Crippen molar-refractivity contribution in [2.24, 2.45) is 0 Å². The Labute approximate surface area is 128 Å². The highest BCUT2D eigenvalue weighted by Crippen LogP contribution is 2.16. The molecule has 1 aromatic heterocycles. The summed E-state index contributed by atoms with van der Waals surface area (Å²) < 4.78 is 5.54. The standard InChI is InChI=1S/C15H20N4O3/c1-2-12(10-20)17-15(21)16-9-8-13-18-19-14(22-13)11-6-4-3-5-7-11/h3-7,12,20H,2,8-10H2,1H3,(H2,16,17,21). The molecule has 7 heteroatoms. The number of urea groups is 1. The monoisotopic (exact) mass is 304 g/mol. The zero-order valence-corrected chi connectivity index (χ0v) is 12.5. The van der Waals surface area contributed by atoms with E-state index < -0.39 is 0 Å². The third-order valence-electron chi connectivity index (χ3n) is 3.16. The second-order valence-corrected chi connectivity index (χ2v) is 4.80. The molecule has 0 saturated heterocycles. The first-order valence-corrected chi connectivity index (χ1v) is 7.26. The lowest BCUT2D eigenvalue weighted by molar-refractivity contribution is 0.214. The lowest BCUT2D eigenvalue weighted by atomic mass is 10.2. The van der Waals surface area contributed by atoms with Gasteiger partial charge in [0.1, 0.15) is 0 Å². The number of aliphatic hydroxyl groups is 1. The van der Waals surface area contributed by atoms with Crippen LogP contribution in [-0.4, -0.2) is 40.5 Å². The predicted molar refractivity (Wildman–Crippen MR) is 81.1 cm³/mol. The molecular formula is C15H20N4O3. The highest BCUT2D eigenvalue weighted by atomic mass is 16.4. The van der Waals surface area contributed by atoms with Gasteiger partial charge in [0, 0.05) is 18.5 Å². The van der Waals surface area contributed by atoms with Gasteiger partial charge in [-0.3, -0.25) is 0 Å². The second kappa shape index (κ2) is 8.14. The topological polar surface area (TPSA) is 100 Å². The van der Waals surface area contributed by atoms with Gasteiger partial charge in [-0.2, -0.15) is 0 Å². The summed E-state index contributed by atoms with van der Waals surface area (Å²) in [6.45, 7) is 2.20. The smallest absolute Gasteiger partial charge is 0.315 e. The van der Waals surface area contributed by atoms with E-state index in [2.05, 4.69) is 20.8 Å². The minimum Gasteiger partial charge on any atom is -0.421 e. The van der Waals surface area contributed by atoms with Gasteiger partial charge in [-0.15, -0.1) is 10.2 Å². The molecule has 0 spiro atoms. The van der Waals surface area contributed by atoms with Crippen molar-refractivity contribution in [2.45, 2.75) is 25.8 Å². The Morgan fingerprint density at radius 1 is 1.32 bits per heavy atom. The van der Waals surface area contributed by atoms with Crippen LogP contribution in [0.1, 0.15) is 19.2 Å². The van der Waals surface area contributed by atoms with Crippen LogP contribution in [0.2, 0.25) is 0 Å². The zero-order valence-electron chi connectivity index (χ0n) is 12.5. The Hall–Kier alpha value is -2.41. The van der Waals surface area contributed by atoms with Crippen LogP contribution < -0.4 is 10.6 Å². The second-order valence-electron chi connectivity index (χ2n) is 4.80. The van der Waals surface area contributed by atoms with Crippen LogP contribution in [0.25, 0.3) is 11.5 Å². The molecule has 0 radical (unpaired) electrons. The molecule has 1 atom stereocenters. The molecule has 0 aliphatic heterocycles. The molecule has 0 bridgehead atoms. The number of amides is 2. The van der Waals surface area contributed by atoms with Crippen molar-refractivity contribution in [1.29, 1.82) is 0 Å². The minimum absolute atomic E-state index is 0.0754. The highest BCUT2D eigenvalue weighted by molar-refractivity contribution is 5.74. The van der Waals surface area contributed by atoms with E-state index in [1.165, 1.54) is 0 Å². The normalized spacial score (nSPS) is 11.9. The molecule has 1 unspecified atom stereocenters. The molecule has 0 aliphatic carbocycles. The van der Waals surface area contributed by atoms with Crippen LogP contribution >= 0.6 is 0 Å². The number of rotatable bonds is 7. The van der Waals surface area contributed by atoms with Crippen LogP contribution in [0.4, 0.5) is 4.79 Å². The lowest BCUT2D eigenvalue weighted by Crippen LogP contribution is -2.44. The van der Waals surface area contributed by atoms with Gasteiger partial charge in [0.15, 0.2) is 0 Å². The summed E-state index contributed by atoms with van der Waals surface area (Å²) in [5.41, 5.74) is 0.862. The van der Waals surface area contributed by atoms with Crippen LogP contribution in [0, 0.1) is 0 Å². The maximum Gasteiger partial charge on any atom is 0.315 e. The molecule has 7 nitrogen and oxygen atoms in total. The number of carbonyl (C=O) groups excluding carboxylic acids is 1. The molecule has 0 fully saturated rings. The number of nitrogens with zero attached hydrogens (tertiary/aromatic N) is 2. The van der Waals surface area contributed by atoms with Crippen molar-refractivity contribution in [3.8, 4) is 11.5 Å². The molecule has 2 amide bonds. The van der Waals surface area contributed by atoms with Gasteiger partial charge >= 0.3 is 6.03 Å². The van der Waals surface area contributed by atoms with Gasteiger partial charge in [-0.05, 0) is 18.6 Å². The Morgan fingerprint density at radius 2 is 2.09 bits per heavy atom. The van der Waals surface area contributed by atoms with Crippen LogP contribution in [0.5, 0.6) is 0 Å². The summed E-state index contributed by atoms with van der Waals surface area (Å²) in [7, 11) is 0. The van der Waals surface area contributed by atoms with Crippen molar-refractivity contribution in [2.75, 3.05) is 13.2 Å². The van der Waals surface area contributed by atoms with Crippen molar-refractivity contribution in [3.05, 3.63) is 36.2 Å². The molecule has 2 aromatic rings. The van der Waals surface area contributed by atoms with Crippen LogP contribution in [0.3, 0.4) is 0 Å². The number of nitrogens with one attached hydrogen (secondary N) is 2. The average Bonchev–Trinajstić information content (AvgIpc) is 3.02. The van der Waals surface area contributed by atoms with Crippen molar-refractivity contribution in [1.82, 2.24) is 20.8 Å². The molecule has 3 N–H and O–H groups in total. The zero-order chi connectivity index (χ0) is 15.8. The van der Waals surface area contributed by atoms with E-state index in [1.54, 1.807) is 0 Å². The number of carbonyl (C=O) groups is 1. The van der Waals surface area contributed by atoms with Gasteiger partial charge in [0.2, 0.25) is 11.8 Å². The molecule has 22 heavy (non-hydrogen) atoms. The maximum atomic E-state index is 11.6. The van der Waals surface area contributed by atoms with Crippen LogP contribution in [0.15, 0.2) is 34.7 Å². The van der Waals surface area contributed by atoms with E-state index in [1.807, 2.05) is 37.3 Å². The third kappa shape index (κ3) is 4.56. The van der Waals surface area contributed by atoms with Gasteiger partial charge in [0.25, 0.3) is 0 Å². The molecule has 1 aromatic carbocycles. The van der Waals surface area contributed by atoms with E-state index in [0.717, 1.165) is 5.56 Å². The summed E-state index contributed by atoms with van der Waals surface area (Å²) in [6.07, 6.45) is 1.12. The Bertz CT molecular complexity index is 581. The van der Waals surface area contributed by atoms with Gasteiger partial charge in [-0.25, -0.2) is 4.79 Å². The SMILES string of the molecule is CCC(CO)NC(=O)NCCc1nnc(-c2ccccc2)o1. The lowest BCUT2D eigenvalue weighted by Gasteiger charge is -2.14. The first-order valence-electron chi connectivity index (χ1n) is 7.26. The third-order valence-corrected chi connectivity index (χ3v) is 3.16. The summed E-state index contributed by atoms with van der Waals surface area (Å²) in [4.78, 5) is 11.6. The number of benzene rings is 1. The Morgan fingerprint density at radius 3 is 2.77 bits per heavy atom. The number of aliphatic hydroxyl groups excluding tert-OH is 1. The minimum atomic E-state index is -0.316. The molecule has 0 aliphatic rings. The summed E-state index contributed by atoms with van der Waals surface area (Å²) in [5.74, 6) is 0.930. The van der Waals surface area contributed by atoms with E-state index in [4.69, 9.17) is 9.52 Å². The van der Waals surface area contributed by atoms with Gasteiger partial charge < -0.3 is 20.2 Å². The molecular weight excluding hydrogens is 284 g/mol. The van der Waals surface area contributed by atoms with Crippen LogP contribution in [-0.2, 0) is 6.42 Å². The maximum absolute atomic E-state index is 11.6. The Balaban J connectivity index is 1.78. The number of hydrogen-bond acceptors (Lipinski definition) is 5. The van der Waals surface area contributed by atoms with E-state index in [9.17, 15) is 4.79 Å². The fraction of sp³-hybridized carbons (Fsp3) is 0.400. The van der Waals surface area contributed by atoms with E-state index >= 15 is 0 Å². The molecule has 2 rings (SSSR count).